The van der Waals surface area contributed by atoms with Gasteiger partial charge < -0.3 is 15.0 Å². The number of hydrogen-bond donors (Lipinski definition) is 1. The Labute approximate surface area is 160 Å². The number of nitrogens with one attached hydrogen (secondary N) is 1. The second-order valence-electron chi connectivity index (χ2n) is 7.45. The lowest BCUT2D eigenvalue weighted by atomic mass is 9.84. The molecule has 1 aromatic carbocycles. The third-order valence-corrected chi connectivity index (χ3v) is 5.66. The van der Waals surface area contributed by atoms with Crippen molar-refractivity contribution in [2.45, 2.75) is 44.6 Å². The molecule has 0 radical (unpaired) electrons. The van der Waals surface area contributed by atoms with Gasteiger partial charge in [0.1, 0.15) is 5.60 Å². The first-order chi connectivity index (χ1) is 13.2. The van der Waals surface area contributed by atoms with E-state index in [1.165, 1.54) is 5.56 Å². The molecule has 0 aliphatic carbocycles. The molecule has 6 nitrogen and oxygen atoms in total. The molecule has 6 heteroatoms. The molecule has 144 valence electrons. The summed E-state index contributed by atoms with van der Waals surface area (Å²) in [6.45, 7) is 5.00. The minimum atomic E-state index is -0.353. The van der Waals surface area contributed by atoms with Crippen molar-refractivity contribution < 1.29 is 9.53 Å². The molecule has 2 aromatic rings. The van der Waals surface area contributed by atoms with Gasteiger partial charge >= 0.3 is 6.03 Å². The standard InChI is InChI=1S/C21H28N4O2/c1-2-3-12-22-20(26)24-13-10-21(11-14-24)19-17(9-15-27-21)16-25(23-19)18-7-5-4-6-8-18/h4-8,16H,2-3,9-15H2,1H3,(H,22,26). The predicted octanol–water partition coefficient (Wildman–Crippen LogP) is 3.25. The molecule has 2 aliphatic rings. The minimum Gasteiger partial charge on any atom is -0.368 e. The van der Waals surface area contributed by atoms with Crippen molar-refractivity contribution in [3.05, 3.63) is 47.8 Å². The van der Waals surface area contributed by atoms with Crippen molar-refractivity contribution in [1.82, 2.24) is 20.0 Å². The Bertz CT molecular complexity index is 779. The number of amides is 2. The van der Waals surface area contributed by atoms with Crippen molar-refractivity contribution in [2.75, 3.05) is 26.2 Å². The lowest BCUT2D eigenvalue weighted by Gasteiger charge is -2.42. The fourth-order valence-corrected chi connectivity index (χ4v) is 4.05. The Kier molecular flexibility index (Phi) is 5.16. The fourth-order valence-electron chi connectivity index (χ4n) is 4.05. The number of fused-ring (bicyclic) bond motifs is 2. The maximum absolute atomic E-state index is 12.3. The number of rotatable bonds is 4. The summed E-state index contributed by atoms with van der Waals surface area (Å²) in [7, 11) is 0. The topological polar surface area (TPSA) is 59.4 Å². The Morgan fingerprint density at radius 3 is 2.78 bits per heavy atom. The second kappa shape index (κ2) is 7.72. The Hall–Kier alpha value is -2.34. The number of aromatic nitrogens is 2. The van der Waals surface area contributed by atoms with Gasteiger partial charge in [0.05, 0.1) is 18.0 Å². The number of nitrogens with zero attached hydrogens (tertiary/aromatic N) is 3. The molecule has 1 saturated heterocycles. The summed E-state index contributed by atoms with van der Waals surface area (Å²) in [6.07, 6.45) is 6.74. The van der Waals surface area contributed by atoms with Crippen molar-refractivity contribution in [2.24, 2.45) is 0 Å². The molecular formula is C21H28N4O2. The predicted molar refractivity (Wildman–Crippen MR) is 104 cm³/mol. The molecule has 0 bridgehead atoms. The van der Waals surface area contributed by atoms with Crippen LogP contribution in [0, 0.1) is 0 Å². The number of carbonyl (C=O) groups excluding carboxylic acids is 1. The molecule has 3 heterocycles. The van der Waals surface area contributed by atoms with E-state index in [0.717, 1.165) is 56.6 Å². The monoisotopic (exact) mass is 368 g/mol. The number of piperidine rings is 1. The van der Waals surface area contributed by atoms with E-state index in [2.05, 4.69) is 30.6 Å². The van der Waals surface area contributed by atoms with E-state index >= 15 is 0 Å². The number of ether oxygens (including phenoxy) is 1. The average molecular weight is 368 g/mol. The van der Waals surface area contributed by atoms with Crippen LogP contribution in [0.3, 0.4) is 0 Å². The smallest absolute Gasteiger partial charge is 0.317 e. The van der Waals surface area contributed by atoms with Crippen LogP contribution in [0.5, 0.6) is 0 Å². The highest BCUT2D eigenvalue weighted by Crippen LogP contribution is 2.40. The molecule has 0 saturated carbocycles. The highest BCUT2D eigenvalue weighted by molar-refractivity contribution is 5.74. The van der Waals surface area contributed by atoms with E-state index in [1.54, 1.807) is 0 Å². The summed E-state index contributed by atoms with van der Waals surface area (Å²) in [5.41, 5.74) is 3.04. The summed E-state index contributed by atoms with van der Waals surface area (Å²) in [5.74, 6) is 0. The molecule has 1 spiro atoms. The van der Waals surface area contributed by atoms with E-state index in [-0.39, 0.29) is 11.6 Å². The first-order valence-corrected chi connectivity index (χ1v) is 10.0. The van der Waals surface area contributed by atoms with Gasteiger partial charge in [-0.15, -0.1) is 0 Å². The van der Waals surface area contributed by atoms with E-state index in [9.17, 15) is 4.79 Å². The summed E-state index contributed by atoms with van der Waals surface area (Å²) < 4.78 is 8.24. The molecular weight excluding hydrogens is 340 g/mol. The van der Waals surface area contributed by atoms with E-state index in [4.69, 9.17) is 9.84 Å². The molecule has 0 atom stereocenters. The van der Waals surface area contributed by atoms with Crippen LogP contribution >= 0.6 is 0 Å². The van der Waals surface area contributed by atoms with Crippen molar-refractivity contribution in [3.8, 4) is 5.69 Å². The second-order valence-corrected chi connectivity index (χ2v) is 7.45. The summed E-state index contributed by atoms with van der Waals surface area (Å²) in [5, 5.41) is 7.92. The molecule has 2 amide bonds. The van der Waals surface area contributed by atoms with Crippen molar-refractivity contribution in [1.29, 1.82) is 0 Å². The normalized spacial score (nSPS) is 18.3. The molecule has 4 rings (SSSR count). The Morgan fingerprint density at radius 1 is 1.26 bits per heavy atom. The van der Waals surface area contributed by atoms with E-state index in [1.807, 2.05) is 27.8 Å². The van der Waals surface area contributed by atoms with Crippen LogP contribution in [0.1, 0.15) is 43.9 Å². The van der Waals surface area contributed by atoms with Crippen LogP contribution in [0.25, 0.3) is 5.69 Å². The quantitative estimate of drug-likeness (QED) is 0.843. The van der Waals surface area contributed by atoms with Gasteiger partial charge in [0.15, 0.2) is 0 Å². The highest BCUT2D eigenvalue weighted by Gasteiger charge is 2.44. The van der Waals surface area contributed by atoms with Gasteiger partial charge in [0.2, 0.25) is 0 Å². The largest absolute Gasteiger partial charge is 0.368 e. The van der Waals surface area contributed by atoms with E-state index in [0.29, 0.717) is 13.1 Å². The number of carbonyl (C=O) groups is 1. The van der Waals surface area contributed by atoms with Crippen molar-refractivity contribution >= 4 is 6.03 Å². The van der Waals surface area contributed by atoms with Gasteiger partial charge in [0, 0.05) is 25.8 Å². The zero-order chi connectivity index (χ0) is 18.7. The maximum Gasteiger partial charge on any atom is 0.317 e. The van der Waals surface area contributed by atoms with Crippen LogP contribution < -0.4 is 5.32 Å². The summed E-state index contributed by atoms with van der Waals surface area (Å²) in [4.78, 5) is 14.2. The summed E-state index contributed by atoms with van der Waals surface area (Å²) >= 11 is 0. The zero-order valence-electron chi connectivity index (χ0n) is 16.0. The lowest BCUT2D eigenvalue weighted by molar-refractivity contribution is -0.0954. The first-order valence-electron chi connectivity index (χ1n) is 10.0. The number of hydrogen-bond acceptors (Lipinski definition) is 3. The number of likely N-dealkylation sites (tertiary alicyclic amines) is 1. The van der Waals surface area contributed by atoms with Crippen LogP contribution in [0.15, 0.2) is 36.5 Å². The molecule has 27 heavy (non-hydrogen) atoms. The number of para-hydroxylation sites is 1. The molecule has 0 unspecified atom stereocenters. The lowest BCUT2D eigenvalue weighted by Crippen LogP contribution is -2.51. The maximum atomic E-state index is 12.3. The van der Waals surface area contributed by atoms with Gasteiger partial charge in [-0.3, -0.25) is 0 Å². The fraction of sp³-hybridized carbons (Fsp3) is 0.524. The third kappa shape index (κ3) is 3.58. The Balaban J connectivity index is 1.48. The van der Waals surface area contributed by atoms with Gasteiger partial charge in [-0.05, 0) is 43.4 Å². The molecule has 2 aliphatic heterocycles. The number of urea groups is 1. The van der Waals surface area contributed by atoms with Crippen LogP contribution in [-0.2, 0) is 16.8 Å². The summed E-state index contributed by atoms with van der Waals surface area (Å²) in [6, 6.07) is 10.2. The Morgan fingerprint density at radius 2 is 2.04 bits per heavy atom. The molecule has 1 fully saturated rings. The van der Waals surface area contributed by atoms with Crippen LogP contribution in [0.2, 0.25) is 0 Å². The molecule has 1 N–H and O–H groups in total. The molecule has 1 aromatic heterocycles. The van der Waals surface area contributed by atoms with Crippen LogP contribution in [-0.4, -0.2) is 47.0 Å². The van der Waals surface area contributed by atoms with Gasteiger partial charge in [-0.1, -0.05) is 31.5 Å². The van der Waals surface area contributed by atoms with Crippen LogP contribution in [0.4, 0.5) is 4.79 Å². The number of benzene rings is 1. The first kappa shape index (κ1) is 18.0. The van der Waals surface area contributed by atoms with Gasteiger partial charge in [-0.25, -0.2) is 9.48 Å². The highest BCUT2D eigenvalue weighted by atomic mass is 16.5. The SMILES string of the molecule is CCCCNC(=O)N1CCC2(CC1)OCCc1cn(-c3ccccc3)nc12. The minimum absolute atomic E-state index is 0.0455. The average Bonchev–Trinajstić information content (AvgIpc) is 3.15. The van der Waals surface area contributed by atoms with Gasteiger partial charge in [0.25, 0.3) is 0 Å². The van der Waals surface area contributed by atoms with Crippen molar-refractivity contribution in [3.63, 3.8) is 0 Å². The number of unbranched alkanes of at least 4 members (excludes halogenated alkanes) is 1. The van der Waals surface area contributed by atoms with Gasteiger partial charge in [-0.2, -0.15) is 5.10 Å². The third-order valence-electron chi connectivity index (χ3n) is 5.66. The van der Waals surface area contributed by atoms with E-state index < -0.39 is 0 Å². The zero-order valence-corrected chi connectivity index (χ0v) is 16.0.